The lowest BCUT2D eigenvalue weighted by molar-refractivity contribution is -0.136. The van der Waals surface area contributed by atoms with Gasteiger partial charge in [0.2, 0.25) is 0 Å². The molecule has 0 aromatic carbocycles. The Morgan fingerprint density at radius 2 is 1.70 bits per heavy atom. The molecule has 10 heavy (non-hydrogen) atoms. The molecule has 0 aromatic rings. The number of hydrogen-bond donors (Lipinski definition) is 3. The molecule has 5 nitrogen and oxygen atoms in total. The maximum absolute atomic E-state index is 9.80. The van der Waals surface area contributed by atoms with E-state index in [-0.39, 0.29) is 0 Å². The van der Waals surface area contributed by atoms with Gasteiger partial charge in [-0.3, -0.25) is 4.79 Å². The second kappa shape index (κ2) is 3.49. The fourth-order valence-electron chi connectivity index (χ4n) is 0.271. The third-order valence-electron chi connectivity index (χ3n) is 0.689. The standard InChI is InChI=1S/C5H6O5/c6-3(5(9)10)1-2-4(7)8/h1,6H,2H2,(H,7,8)(H,9,10)/b3-1-. The number of aliphatic carboxylic acids is 2. The zero-order chi connectivity index (χ0) is 8.15. The monoisotopic (exact) mass is 146 g/mol. The summed E-state index contributed by atoms with van der Waals surface area (Å²) in [7, 11) is 0. The first-order chi connectivity index (χ1) is 4.54. The quantitative estimate of drug-likeness (QED) is 0.384. The maximum atomic E-state index is 9.80. The number of carbonyl (C=O) groups is 2. The fourth-order valence-corrected chi connectivity index (χ4v) is 0.271. The Kier molecular flexibility index (Phi) is 2.96. The van der Waals surface area contributed by atoms with Crippen LogP contribution in [-0.4, -0.2) is 27.3 Å². The Labute approximate surface area is 56.2 Å². The van der Waals surface area contributed by atoms with E-state index < -0.39 is 24.1 Å². The van der Waals surface area contributed by atoms with Gasteiger partial charge in [-0.15, -0.1) is 0 Å². The van der Waals surface area contributed by atoms with Crippen LogP contribution in [0.15, 0.2) is 11.8 Å². The Bertz CT molecular complexity index is 180. The summed E-state index contributed by atoms with van der Waals surface area (Å²) >= 11 is 0. The molecule has 0 aromatic heterocycles. The van der Waals surface area contributed by atoms with Crippen LogP contribution < -0.4 is 0 Å². The van der Waals surface area contributed by atoms with Gasteiger partial charge in [0.1, 0.15) is 0 Å². The van der Waals surface area contributed by atoms with E-state index in [2.05, 4.69) is 0 Å². The molecule has 0 atom stereocenters. The second-order valence-electron chi connectivity index (χ2n) is 1.49. The fraction of sp³-hybridized carbons (Fsp3) is 0.200. The minimum Gasteiger partial charge on any atom is -0.502 e. The van der Waals surface area contributed by atoms with Gasteiger partial charge in [-0.05, 0) is 6.08 Å². The van der Waals surface area contributed by atoms with Gasteiger partial charge >= 0.3 is 11.9 Å². The summed E-state index contributed by atoms with van der Waals surface area (Å²) in [5, 5.41) is 24.4. The van der Waals surface area contributed by atoms with Crippen molar-refractivity contribution in [3.05, 3.63) is 11.8 Å². The van der Waals surface area contributed by atoms with Crippen LogP contribution >= 0.6 is 0 Å². The highest BCUT2D eigenvalue weighted by Gasteiger charge is 2.03. The lowest BCUT2D eigenvalue weighted by Crippen LogP contribution is -2.00. The summed E-state index contributed by atoms with van der Waals surface area (Å²) in [6.07, 6.45) is 0.225. The highest BCUT2D eigenvalue weighted by Crippen LogP contribution is 1.90. The van der Waals surface area contributed by atoms with Crippen molar-refractivity contribution < 1.29 is 24.9 Å². The van der Waals surface area contributed by atoms with Crippen molar-refractivity contribution in [3.8, 4) is 0 Å². The zero-order valence-corrected chi connectivity index (χ0v) is 4.94. The molecule has 0 saturated heterocycles. The van der Waals surface area contributed by atoms with Gasteiger partial charge in [-0.25, -0.2) is 4.79 Å². The van der Waals surface area contributed by atoms with Crippen molar-refractivity contribution in [2.24, 2.45) is 0 Å². The first kappa shape index (κ1) is 8.48. The highest BCUT2D eigenvalue weighted by molar-refractivity contribution is 5.84. The van der Waals surface area contributed by atoms with Gasteiger partial charge < -0.3 is 15.3 Å². The molecule has 0 aliphatic rings. The molecule has 0 bridgehead atoms. The summed E-state index contributed by atoms with van der Waals surface area (Å²) < 4.78 is 0. The predicted octanol–water partition coefficient (Wildman–Crippen LogP) is -0.0124. The van der Waals surface area contributed by atoms with Crippen molar-refractivity contribution in [2.45, 2.75) is 6.42 Å². The summed E-state index contributed by atoms with van der Waals surface area (Å²) in [6, 6.07) is 0. The molecule has 0 aliphatic carbocycles. The van der Waals surface area contributed by atoms with E-state index in [0.29, 0.717) is 6.08 Å². The van der Waals surface area contributed by atoms with Crippen LogP contribution in [0.2, 0.25) is 0 Å². The molecule has 0 unspecified atom stereocenters. The second-order valence-corrected chi connectivity index (χ2v) is 1.49. The number of aliphatic hydroxyl groups is 1. The van der Waals surface area contributed by atoms with Crippen molar-refractivity contribution >= 4 is 11.9 Å². The van der Waals surface area contributed by atoms with E-state index in [1.807, 2.05) is 0 Å². The summed E-state index contributed by atoms with van der Waals surface area (Å²) in [4.78, 5) is 19.6. The van der Waals surface area contributed by atoms with Crippen LogP contribution in [0.4, 0.5) is 0 Å². The van der Waals surface area contributed by atoms with Crippen LogP contribution in [-0.2, 0) is 9.59 Å². The minimum absolute atomic E-state index is 0.488. The lowest BCUT2D eigenvalue weighted by Gasteiger charge is -1.88. The van der Waals surface area contributed by atoms with Crippen molar-refractivity contribution in [3.63, 3.8) is 0 Å². The molecule has 0 spiro atoms. The van der Waals surface area contributed by atoms with E-state index in [9.17, 15) is 9.59 Å². The van der Waals surface area contributed by atoms with Crippen LogP contribution in [0.5, 0.6) is 0 Å². The third-order valence-corrected chi connectivity index (χ3v) is 0.689. The van der Waals surface area contributed by atoms with Gasteiger partial charge in [0.15, 0.2) is 5.76 Å². The summed E-state index contributed by atoms with van der Waals surface area (Å²) in [5.41, 5.74) is 0. The molecule has 0 rings (SSSR count). The van der Waals surface area contributed by atoms with Crippen LogP contribution in [0, 0.1) is 0 Å². The van der Waals surface area contributed by atoms with Gasteiger partial charge in [-0.1, -0.05) is 0 Å². The molecule has 0 heterocycles. The van der Waals surface area contributed by atoms with Crippen molar-refractivity contribution in [1.82, 2.24) is 0 Å². The predicted molar refractivity (Wildman–Crippen MR) is 30.6 cm³/mol. The van der Waals surface area contributed by atoms with Gasteiger partial charge in [0, 0.05) is 0 Å². The van der Waals surface area contributed by atoms with E-state index in [4.69, 9.17) is 15.3 Å². The normalized spacial score (nSPS) is 11.0. The highest BCUT2D eigenvalue weighted by atomic mass is 16.4. The Morgan fingerprint density at radius 3 is 2.00 bits per heavy atom. The third kappa shape index (κ3) is 3.48. The molecular weight excluding hydrogens is 140 g/mol. The molecule has 0 amide bonds. The molecule has 5 heteroatoms. The largest absolute Gasteiger partial charge is 0.502 e. The Morgan fingerprint density at radius 1 is 1.20 bits per heavy atom. The first-order valence-corrected chi connectivity index (χ1v) is 2.38. The van der Waals surface area contributed by atoms with Crippen molar-refractivity contribution in [2.75, 3.05) is 0 Å². The number of carboxylic acids is 2. The van der Waals surface area contributed by atoms with E-state index in [1.54, 1.807) is 0 Å². The number of aliphatic hydroxyl groups excluding tert-OH is 1. The topological polar surface area (TPSA) is 94.8 Å². The molecule has 3 N–H and O–H groups in total. The molecule has 0 aliphatic heterocycles. The van der Waals surface area contributed by atoms with Crippen LogP contribution in [0.3, 0.4) is 0 Å². The SMILES string of the molecule is O=C(O)C/C=C(\O)C(=O)O. The molecule has 0 saturated carbocycles. The van der Waals surface area contributed by atoms with Crippen LogP contribution in [0.1, 0.15) is 6.42 Å². The molecule has 56 valence electrons. The summed E-state index contributed by atoms with van der Waals surface area (Å²) in [5.74, 6) is -3.66. The van der Waals surface area contributed by atoms with Crippen molar-refractivity contribution in [1.29, 1.82) is 0 Å². The van der Waals surface area contributed by atoms with E-state index in [0.717, 1.165) is 0 Å². The maximum Gasteiger partial charge on any atom is 0.370 e. The number of hydrogen-bond acceptors (Lipinski definition) is 3. The zero-order valence-electron chi connectivity index (χ0n) is 4.94. The molecule has 0 radical (unpaired) electrons. The first-order valence-electron chi connectivity index (χ1n) is 2.38. The Hall–Kier alpha value is -1.52. The number of rotatable bonds is 3. The summed E-state index contributed by atoms with van der Waals surface area (Å²) in [6.45, 7) is 0. The minimum atomic E-state index is -1.53. The molecular formula is C5H6O5. The smallest absolute Gasteiger partial charge is 0.370 e. The molecule has 0 fully saturated rings. The van der Waals surface area contributed by atoms with Gasteiger partial charge in [0.25, 0.3) is 0 Å². The van der Waals surface area contributed by atoms with Gasteiger partial charge in [-0.2, -0.15) is 0 Å². The number of carboxylic acid groups (broad SMARTS) is 2. The van der Waals surface area contributed by atoms with Crippen LogP contribution in [0.25, 0.3) is 0 Å². The van der Waals surface area contributed by atoms with E-state index in [1.165, 1.54) is 0 Å². The van der Waals surface area contributed by atoms with E-state index >= 15 is 0 Å². The average molecular weight is 146 g/mol. The Balaban J connectivity index is 3.92. The lowest BCUT2D eigenvalue weighted by atomic mass is 10.3. The van der Waals surface area contributed by atoms with Gasteiger partial charge in [0.05, 0.1) is 6.42 Å². The average Bonchev–Trinajstić information content (AvgIpc) is 1.82.